The molecule has 0 amide bonds. The molecule has 0 aliphatic heterocycles. The number of nitrogens with zero attached hydrogens (tertiary/aromatic N) is 3. The molecule has 0 saturated heterocycles. The Labute approximate surface area is 104 Å². The van der Waals surface area contributed by atoms with Crippen LogP contribution in [0.25, 0.3) is 5.69 Å². The molecule has 6 heteroatoms. The van der Waals surface area contributed by atoms with Crippen LogP contribution in [0, 0.1) is 0 Å². The van der Waals surface area contributed by atoms with Gasteiger partial charge in [0.2, 0.25) is 0 Å². The molecule has 1 aromatic carbocycles. The maximum atomic E-state index is 13.8. The van der Waals surface area contributed by atoms with E-state index in [1.54, 1.807) is 4.57 Å². The van der Waals surface area contributed by atoms with Gasteiger partial charge in [0.15, 0.2) is 11.0 Å². The van der Waals surface area contributed by atoms with E-state index in [2.05, 4.69) is 35.6 Å². The molecule has 3 nitrogen and oxygen atoms in total. The molecule has 0 fully saturated rings. The highest BCUT2D eigenvalue weighted by Gasteiger charge is 2.26. The summed E-state index contributed by atoms with van der Waals surface area (Å²) in [4.78, 5) is 0. The molecule has 1 aromatic heterocycles. The number of alkyl halides is 1. The summed E-state index contributed by atoms with van der Waals surface area (Å²) in [7, 11) is 4.19. The predicted molar refractivity (Wildman–Crippen MR) is 72.9 cm³/mol. The van der Waals surface area contributed by atoms with Crippen molar-refractivity contribution in [3.8, 4) is 5.69 Å². The van der Waals surface area contributed by atoms with E-state index in [0.29, 0.717) is 0 Å². The van der Waals surface area contributed by atoms with Crippen molar-refractivity contribution in [2.75, 3.05) is 0 Å². The fourth-order valence-corrected chi connectivity index (χ4v) is 1.97. The molecule has 2 unspecified atom stereocenters. The first-order valence-electron chi connectivity index (χ1n) is 5.29. The Bertz CT molecular complexity index is 502. The molecule has 0 spiro atoms. The van der Waals surface area contributed by atoms with Crippen LogP contribution in [-0.4, -0.2) is 14.8 Å². The first-order chi connectivity index (χ1) is 8.02. The quantitative estimate of drug-likeness (QED) is 0.802. The minimum Gasteiger partial charge on any atom is -0.282 e. The average Bonchev–Trinajstić information content (AvgIpc) is 2.78. The minimum absolute atomic E-state index is 0.247. The van der Waals surface area contributed by atoms with E-state index in [1.165, 1.54) is 11.9 Å². The van der Waals surface area contributed by atoms with Crippen molar-refractivity contribution in [3.05, 3.63) is 42.0 Å². The van der Waals surface area contributed by atoms with Gasteiger partial charge in [-0.15, -0.1) is 10.2 Å². The van der Waals surface area contributed by atoms with Gasteiger partial charge in [-0.2, -0.15) is 0 Å². The second-order valence-corrected chi connectivity index (χ2v) is 6.16. The molecule has 1 heterocycles. The molecule has 2 atom stereocenters. The second-order valence-electron chi connectivity index (χ2n) is 3.81. The fourth-order valence-electron chi connectivity index (χ4n) is 1.58. The lowest BCUT2D eigenvalue weighted by molar-refractivity contribution is 0.399. The smallest absolute Gasteiger partial charge is 0.194 e. The number of aromatic nitrogens is 3. The molecule has 0 radical (unpaired) electrons. The summed E-state index contributed by atoms with van der Waals surface area (Å²) in [5.41, 5.74) is 2.10. The maximum absolute atomic E-state index is 13.8. The largest absolute Gasteiger partial charge is 0.282 e. The summed E-state index contributed by atoms with van der Waals surface area (Å²) < 4.78 is 15.5. The zero-order chi connectivity index (χ0) is 12.5. The standard InChI is InChI=1S/C11H14FN3P2/c1-2-8-3-5-9(6-4-8)15-7-13-14-10(15)11(12,16)17/h3-7H,2,16-17H2,1H3. The molecule has 90 valence electrons. The van der Waals surface area contributed by atoms with Crippen LogP contribution in [0.3, 0.4) is 0 Å². The third kappa shape index (κ3) is 2.70. The number of benzene rings is 1. The number of hydrogen-bond acceptors (Lipinski definition) is 2. The summed E-state index contributed by atoms with van der Waals surface area (Å²) in [6, 6.07) is 7.91. The van der Waals surface area contributed by atoms with Crippen molar-refractivity contribution < 1.29 is 4.39 Å². The first kappa shape index (κ1) is 12.6. The van der Waals surface area contributed by atoms with Crippen LogP contribution in [0.1, 0.15) is 18.3 Å². The third-order valence-electron chi connectivity index (χ3n) is 2.51. The lowest BCUT2D eigenvalue weighted by atomic mass is 10.1. The normalized spacial score (nSPS) is 11.8. The lowest BCUT2D eigenvalue weighted by Crippen LogP contribution is -2.10. The van der Waals surface area contributed by atoms with Gasteiger partial charge in [0.1, 0.15) is 6.33 Å². The highest BCUT2D eigenvalue weighted by molar-refractivity contribution is 7.38. The van der Waals surface area contributed by atoms with E-state index in [4.69, 9.17) is 0 Å². The van der Waals surface area contributed by atoms with E-state index in [9.17, 15) is 4.39 Å². The van der Waals surface area contributed by atoms with Crippen LogP contribution in [0.2, 0.25) is 0 Å². The highest BCUT2D eigenvalue weighted by Crippen LogP contribution is 2.39. The Morgan fingerprint density at radius 1 is 1.29 bits per heavy atom. The number of aryl methyl sites for hydroxylation is 1. The average molecular weight is 269 g/mol. The molecule has 0 aliphatic carbocycles. The zero-order valence-electron chi connectivity index (χ0n) is 9.47. The van der Waals surface area contributed by atoms with Gasteiger partial charge >= 0.3 is 0 Å². The van der Waals surface area contributed by atoms with Crippen LogP contribution in [0.5, 0.6) is 0 Å². The molecule has 0 bridgehead atoms. The van der Waals surface area contributed by atoms with E-state index >= 15 is 0 Å². The summed E-state index contributed by atoms with van der Waals surface area (Å²) in [5, 5.41) is 5.89. The zero-order valence-corrected chi connectivity index (χ0v) is 11.8. The van der Waals surface area contributed by atoms with E-state index < -0.39 is 5.15 Å². The Morgan fingerprint density at radius 3 is 2.47 bits per heavy atom. The Morgan fingerprint density at radius 2 is 1.94 bits per heavy atom. The molecule has 0 N–H and O–H groups in total. The molecule has 2 rings (SSSR count). The van der Waals surface area contributed by atoms with E-state index in [-0.39, 0.29) is 5.82 Å². The molecule has 17 heavy (non-hydrogen) atoms. The van der Waals surface area contributed by atoms with Crippen molar-refractivity contribution in [3.63, 3.8) is 0 Å². The van der Waals surface area contributed by atoms with Gasteiger partial charge in [-0.1, -0.05) is 37.5 Å². The van der Waals surface area contributed by atoms with Gasteiger partial charge in [0, 0.05) is 5.69 Å². The van der Waals surface area contributed by atoms with Crippen LogP contribution in [0.4, 0.5) is 4.39 Å². The molecular formula is C11H14FN3P2. The van der Waals surface area contributed by atoms with Crippen molar-refractivity contribution >= 4 is 18.5 Å². The topological polar surface area (TPSA) is 30.7 Å². The van der Waals surface area contributed by atoms with Crippen molar-refractivity contribution in [2.24, 2.45) is 0 Å². The predicted octanol–water partition coefficient (Wildman–Crippen LogP) is 2.66. The third-order valence-corrected chi connectivity index (χ3v) is 3.03. The number of hydrogen-bond donors (Lipinski definition) is 0. The van der Waals surface area contributed by atoms with Gasteiger partial charge in [-0.05, 0) is 24.1 Å². The van der Waals surface area contributed by atoms with Crippen molar-refractivity contribution in [2.45, 2.75) is 18.5 Å². The van der Waals surface area contributed by atoms with Gasteiger partial charge in [0.25, 0.3) is 0 Å². The van der Waals surface area contributed by atoms with Gasteiger partial charge in [-0.25, -0.2) is 4.39 Å². The Balaban J connectivity index is 2.43. The van der Waals surface area contributed by atoms with Crippen LogP contribution >= 0.6 is 18.5 Å². The maximum Gasteiger partial charge on any atom is 0.194 e. The van der Waals surface area contributed by atoms with Crippen LogP contribution < -0.4 is 0 Å². The minimum atomic E-state index is -1.67. The summed E-state index contributed by atoms with van der Waals surface area (Å²) >= 11 is 0. The van der Waals surface area contributed by atoms with Gasteiger partial charge in [-0.3, -0.25) is 4.57 Å². The summed E-state index contributed by atoms with van der Waals surface area (Å²) in [5.74, 6) is 0.247. The molecular weight excluding hydrogens is 255 g/mol. The molecule has 0 saturated carbocycles. The van der Waals surface area contributed by atoms with Gasteiger partial charge in [0.05, 0.1) is 0 Å². The first-order valence-corrected chi connectivity index (χ1v) is 6.44. The van der Waals surface area contributed by atoms with E-state index in [0.717, 1.165) is 12.1 Å². The van der Waals surface area contributed by atoms with Crippen LogP contribution in [-0.2, 0) is 11.6 Å². The summed E-state index contributed by atoms with van der Waals surface area (Å²) in [6.07, 6.45) is 2.49. The summed E-state index contributed by atoms with van der Waals surface area (Å²) in [6.45, 7) is 2.09. The van der Waals surface area contributed by atoms with Gasteiger partial charge < -0.3 is 0 Å². The van der Waals surface area contributed by atoms with E-state index in [1.807, 2.05) is 24.3 Å². The van der Waals surface area contributed by atoms with Crippen molar-refractivity contribution in [1.29, 1.82) is 0 Å². The monoisotopic (exact) mass is 269 g/mol. The molecule has 0 aliphatic rings. The second kappa shape index (κ2) is 4.80. The Kier molecular flexibility index (Phi) is 3.56. The Hall–Kier alpha value is -0.850. The molecule has 2 aromatic rings. The SMILES string of the molecule is CCc1ccc(-n2cnnc2C(F)(P)P)cc1. The number of rotatable bonds is 3. The number of halogens is 1. The fraction of sp³-hybridized carbons (Fsp3) is 0.273. The highest BCUT2D eigenvalue weighted by atomic mass is 31.1. The lowest BCUT2D eigenvalue weighted by Gasteiger charge is -2.14. The van der Waals surface area contributed by atoms with Crippen LogP contribution in [0.15, 0.2) is 30.6 Å². The van der Waals surface area contributed by atoms with Crippen molar-refractivity contribution in [1.82, 2.24) is 14.8 Å².